The van der Waals surface area contributed by atoms with Gasteiger partial charge in [-0.3, -0.25) is 0 Å². The zero-order chi connectivity index (χ0) is 20.9. The van der Waals surface area contributed by atoms with E-state index in [4.69, 9.17) is 0 Å². The molecule has 0 fully saturated rings. The van der Waals surface area contributed by atoms with E-state index < -0.39 is 16.1 Å². The minimum Gasteiger partial charge on any atom is -0.150 e. The molecular weight excluding hydrogens is 372 g/mol. The SMILES string of the molecule is Cc1cc(C#C[Si](C)(C)C)ccc1/N=N/c1ccc(C#C[Si](C)(C)C)cc1C. The molecule has 0 aliphatic rings. The fourth-order valence-electron chi connectivity index (χ4n) is 2.32. The van der Waals surface area contributed by atoms with Crippen LogP contribution in [0.4, 0.5) is 11.4 Å². The highest BCUT2D eigenvalue weighted by atomic mass is 28.3. The van der Waals surface area contributed by atoms with Crippen LogP contribution < -0.4 is 0 Å². The third-order valence-corrected chi connectivity index (χ3v) is 5.57. The Balaban J connectivity index is 2.21. The van der Waals surface area contributed by atoms with Crippen LogP contribution in [0.25, 0.3) is 0 Å². The Hall–Kier alpha value is -2.41. The van der Waals surface area contributed by atoms with Gasteiger partial charge in [0.1, 0.15) is 16.1 Å². The molecule has 0 N–H and O–H groups in total. The average Bonchev–Trinajstić information content (AvgIpc) is 2.57. The number of benzene rings is 2. The first-order valence-corrected chi connectivity index (χ1v) is 16.6. The second kappa shape index (κ2) is 8.73. The molecule has 0 saturated carbocycles. The molecule has 0 atom stereocenters. The molecule has 4 heteroatoms. The highest BCUT2D eigenvalue weighted by Gasteiger charge is 2.08. The summed E-state index contributed by atoms with van der Waals surface area (Å²) in [5, 5.41) is 8.92. The Kier molecular flexibility index (Phi) is 6.83. The maximum absolute atomic E-state index is 4.46. The second-order valence-corrected chi connectivity index (χ2v) is 18.7. The lowest BCUT2D eigenvalue weighted by molar-refractivity contribution is 1.19. The minimum atomic E-state index is -1.37. The van der Waals surface area contributed by atoms with Crippen LogP contribution in [0.5, 0.6) is 0 Å². The molecule has 0 bridgehead atoms. The van der Waals surface area contributed by atoms with Gasteiger partial charge in [-0.25, -0.2) is 0 Å². The molecule has 0 saturated heterocycles. The van der Waals surface area contributed by atoms with Crippen molar-refractivity contribution in [3.8, 4) is 22.9 Å². The van der Waals surface area contributed by atoms with Gasteiger partial charge in [-0.15, -0.1) is 11.1 Å². The summed E-state index contributed by atoms with van der Waals surface area (Å²) >= 11 is 0. The van der Waals surface area contributed by atoms with Gasteiger partial charge in [0.2, 0.25) is 0 Å². The van der Waals surface area contributed by atoms with E-state index in [0.29, 0.717) is 0 Å². The Morgan fingerprint density at radius 1 is 0.607 bits per heavy atom. The zero-order valence-corrected chi connectivity index (χ0v) is 20.4. The first-order valence-electron chi connectivity index (χ1n) is 9.62. The predicted molar refractivity (Wildman–Crippen MR) is 127 cm³/mol. The van der Waals surface area contributed by atoms with Gasteiger partial charge < -0.3 is 0 Å². The molecule has 28 heavy (non-hydrogen) atoms. The number of hydrogen-bond donors (Lipinski definition) is 0. The molecule has 0 radical (unpaired) electrons. The van der Waals surface area contributed by atoms with Crippen molar-refractivity contribution in [3.05, 3.63) is 58.7 Å². The molecular formula is C24H30N2Si2. The third kappa shape index (κ3) is 7.31. The van der Waals surface area contributed by atoms with Gasteiger partial charge in [0, 0.05) is 11.1 Å². The van der Waals surface area contributed by atoms with E-state index in [2.05, 4.69) is 98.4 Å². The molecule has 0 aromatic heterocycles. The van der Waals surface area contributed by atoms with Crippen molar-refractivity contribution < 1.29 is 0 Å². The van der Waals surface area contributed by atoms with Crippen molar-refractivity contribution >= 4 is 27.5 Å². The van der Waals surface area contributed by atoms with Crippen molar-refractivity contribution in [3.63, 3.8) is 0 Å². The van der Waals surface area contributed by atoms with Gasteiger partial charge in [0.05, 0.1) is 11.4 Å². The summed E-state index contributed by atoms with van der Waals surface area (Å²) < 4.78 is 0. The smallest absolute Gasteiger partial charge is 0.129 e. The first kappa shape index (κ1) is 21.9. The molecule has 2 aromatic carbocycles. The van der Waals surface area contributed by atoms with Crippen LogP contribution in [-0.2, 0) is 0 Å². The quantitative estimate of drug-likeness (QED) is 0.289. The summed E-state index contributed by atoms with van der Waals surface area (Å²) in [6.07, 6.45) is 0. The van der Waals surface area contributed by atoms with Crippen LogP contribution >= 0.6 is 0 Å². The van der Waals surface area contributed by atoms with Crippen molar-refractivity contribution in [2.24, 2.45) is 10.2 Å². The predicted octanol–water partition coefficient (Wildman–Crippen LogP) is 7.18. The average molecular weight is 403 g/mol. The Morgan fingerprint density at radius 2 is 0.964 bits per heavy atom. The fourth-order valence-corrected chi connectivity index (χ4v) is 3.36. The lowest BCUT2D eigenvalue weighted by Crippen LogP contribution is -2.16. The van der Waals surface area contributed by atoms with Gasteiger partial charge in [-0.2, -0.15) is 10.2 Å². The lowest BCUT2D eigenvalue weighted by atomic mass is 10.1. The van der Waals surface area contributed by atoms with Gasteiger partial charge in [-0.05, 0) is 61.4 Å². The molecule has 0 amide bonds. The number of rotatable bonds is 2. The zero-order valence-electron chi connectivity index (χ0n) is 18.4. The summed E-state index contributed by atoms with van der Waals surface area (Å²) in [6.45, 7) is 17.6. The van der Waals surface area contributed by atoms with E-state index in [1.54, 1.807) is 0 Å². The van der Waals surface area contributed by atoms with Crippen LogP contribution in [-0.4, -0.2) is 16.1 Å². The highest BCUT2D eigenvalue weighted by Crippen LogP contribution is 2.25. The molecule has 0 aliphatic heterocycles. The Morgan fingerprint density at radius 3 is 1.25 bits per heavy atom. The van der Waals surface area contributed by atoms with Crippen molar-refractivity contribution in [2.75, 3.05) is 0 Å². The molecule has 0 heterocycles. The first-order chi connectivity index (χ1) is 12.9. The second-order valence-electron chi connectivity index (χ2n) is 9.20. The maximum atomic E-state index is 4.46. The van der Waals surface area contributed by atoms with Crippen molar-refractivity contribution in [2.45, 2.75) is 53.1 Å². The number of azo groups is 1. The van der Waals surface area contributed by atoms with Crippen LogP contribution in [0.15, 0.2) is 46.6 Å². The summed E-state index contributed by atoms with van der Waals surface area (Å²) in [5.74, 6) is 6.59. The Bertz CT molecular complexity index is 932. The maximum Gasteiger partial charge on any atom is 0.129 e. The topological polar surface area (TPSA) is 24.7 Å². The van der Waals surface area contributed by atoms with E-state index in [1.165, 1.54) is 0 Å². The van der Waals surface area contributed by atoms with Gasteiger partial charge in [0.25, 0.3) is 0 Å². The van der Waals surface area contributed by atoms with E-state index in [1.807, 2.05) is 24.3 Å². The van der Waals surface area contributed by atoms with Gasteiger partial charge in [0.15, 0.2) is 0 Å². The largest absolute Gasteiger partial charge is 0.150 e. The van der Waals surface area contributed by atoms with Crippen LogP contribution in [0.2, 0.25) is 39.3 Å². The van der Waals surface area contributed by atoms with Crippen LogP contribution in [0, 0.1) is 36.8 Å². The summed E-state index contributed by atoms with van der Waals surface area (Å²) in [7, 11) is -2.74. The summed E-state index contributed by atoms with van der Waals surface area (Å²) in [6, 6.07) is 12.2. The van der Waals surface area contributed by atoms with Gasteiger partial charge in [-0.1, -0.05) is 51.1 Å². The molecule has 2 aromatic rings. The van der Waals surface area contributed by atoms with E-state index in [0.717, 1.165) is 33.6 Å². The van der Waals surface area contributed by atoms with Crippen LogP contribution in [0.1, 0.15) is 22.3 Å². The fraction of sp³-hybridized carbons (Fsp3) is 0.333. The van der Waals surface area contributed by atoms with E-state index in [9.17, 15) is 0 Å². The van der Waals surface area contributed by atoms with Gasteiger partial charge >= 0.3 is 0 Å². The molecule has 0 spiro atoms. The normalized spacial score (nSPS) is 11.6. The molecule has 2 nitrogen and oxygen atoms in total. The number of aryl methyl sites for hydroxylation is 2. The summed E-state index contributed by atoms with van der Waals surface area (Å²) in [4.78, 5) is 0. The number of hydrogen-bond acceptors (Lipinski definition) is 2. The molecule has 0 aliphatic carbocycles. The number of nitrogens with zero attached hydrogens (tertiary/aromatic N) is 2. The van der Waals surface area contributed by atoms with Crippen LogP contribution in [0.3, 0.4) is 0 Å². The lowest BCUT2D eigenvalue weighted by Gasteiger charge is -2.05. The third-order valence-electron chi connectivity index (χ3n) is 3.82. The minimum absolute atomic E-state index is 0.876. The van der Waals surface area contributed by atoms with E-state index in [-0.39, 0.29) is 0 Å². The highest BCUT2D eigenvalue weighted by molar-refractivity contribution is 6.84. The summed E-state index contributed by atoms with van der Waals surface area (Å²) in [5.41, 5.74) is 12.8. The van der Waals surface area contributed by atoms with Crippen molar-refractivity contribution in [1.82, 2.24) is 0 Å². The standard InChI is InChI=1S/C24H30N2Si2/c1-19-17-21(13-15-27(3,4)5)9-11-23(19)25-26-24-12-10-22(18-20(24)2)14-16-28(6,7)8/h9-12,17-18H,1-8H3/b26-25+. The molecule has 144 valence electrons. The van der Waals surface area contributed by atoms with E-state index >= 15 is 0 Å². The monoisotopic (exact) mass is 402 g/mol. The van der Waals surface area contributed by atoms with Crippen molar-refractivity contribution in [1.29, 1.82) is 0 Å². The molecule has 0 unspecified atom stereocenters. The Labute approximate surface area is 172 Å². The molecule has 2 rings (SSSR count).